The van der Waals surface area contributed by atoms with Crippen LogP contribution in [0.4, 0.5) is 0 Å². The van der Waals surface area contributed by atoms with Gasteiger partial charge in [0.25, 0.3) is 0 Å². The molecule has 0 saturated carbocycles. The number of rotatable bonds is 7. The average Bonchev–Trinajstić information content (AvgIpc) is 3.05. The molecule has 0 spiro atoms. The van der Waals surface area contributed by atoms with Crippen molar-refractivity contribution in [1.82, 2.24) is 19.8 Å². The fraction of sp³-hybridized carbons (Fsp3) is 0.625. The molecule has 13 nitrogen and oxygen atoms in total. The van der Waals surface area contributed by atoms with Gasteiger partial charge in [0.15, 0.2) is 0 Å². The Morgan fingerprint density at radius 3 is 1.27 bits per heavy atom. The Balaban J connectivity index is 0.00000191. The summed E-state index contributed by atoms with van der Waals surface area (Å²) in [6, 6.07) is 10.6. The van der Waals surface area contributed by atoms with Crippen LogP contribution in [-0.4, -0.2) is 139 Å². The first-order valence-electron chi connectivity index (χ1n) is 14.8. The quantitative estimate of drug-likeness (QED) is 0.413. The van der Waals surface area contributed by atoms with Crippen molar-refractivity contribution in [3.05, 3.63) is 59.2 Å². The van der Waals surface area contributed by atoms with Crippen LogP contribution < -0.4 is 0 Å². The fourth-order valence-electron chi connectivity index (χ4n) is 3.99. The molecule has 0 radical (unpaired) electrons. The second-order valence-corrected chi connectivity index (χ2v) is 9.59. The van der Waals surface area contributed by atoms with E-state index in [1.807, 2.05) is 19.1 Å². The van der Waals surface area contributed by atoms with Crippen LogP contribution >= 0.6 is 0 Å². The van der Waals surface area contributed by atoms with Gasteiger partial charge in [-0.3, -0.25) is 9.80 Å². The standard InChI is InChI=1S/C28H40N4O8.C3H8O.CH4/c1-35-27(33)25-7-3-5-23(29-25)21-31-9-13-37-17-19-39-15-11-32(12-16-40-20-18-38-14-10-31)22-24-6-4-8-26(30-24)28(34)36-2;1-3-4-2;/h3-8H,9-22H2,1-2H3;3H2,1-2H3;1H4. The summed E-state index contributed by atoms with van der Waals surface area (Å²) in [4.78, 5) is 36.9. The zero-order chi connectivity index (χ0) is 31.8. The minimum Gasteiger partial charge on any atom is -0.464 e. The van der Waals surface area contributed by atoms with E-state index < -0.39 is 11.9 Å². The second kappa shape index (κ2) is 25.2. The topological polar surface area (TPSA) is 131 Å². The number of ether oxygens (including phenoxy) is 7. The van der Waals surface area contributed by atoms with E-state index in [-0.39, 0.29) is 18.8 Å². The molecule has 254 valence electrons. The lowest BCUT2D eigenvalue weighted by atomic mass is 10.3. The zero-order valence-corrected chi connectivity index (χ0v) is 26.5. The van der Waals surface area contributed by atoms with Gasteiger partial charge in [-0.25, -0.2) is 19.6 Å². The van der Waals surface area contributed by atoms with Gasteiger partial charge in [-0.15, -0.1) is 0 Å². The minimum absolute atomic E-state index is 0. The van der Waals surface area contributed by atoms with Gasteiger partial charge in [-0.2, -0.15) is 0 Å². The van der Waals surface area contributed by atoms with Crippen LogP contribution in [0.3, 0.4) is 0 Å². The van der Waals surface area contributed by atoms with Gasteiger partial charge in [-0.1, -0.05) is 19.6 Å². The highest BCUT2D eigenvalue weighted by Crippen LogP contribution is 2.07. The van der Waals surface area contributed by atoms with Crippen LogP contribution in [-0.2, 0) is 46.2 Å². The van der Waals surface area contributed by atoms with Crippen LogP contribution in [0.25, 0.3) is 0 Å². The SMILES string of the molecule is C.CCOC.COC(=O)c1cccc(CN2CCOCCOCCN(Cc3cccc(C(=O)OC)n3)CCOCCOCC2)n1. The first kappa shape index (κ1) is 40.0. The van der Waals surface area contributed by atoms with Gasteiger partial charge in [0, 0.05) is 53.0 Å². The molecule has 0 unspecified atom stereocenters. The summed E-state index contributed by atoms with van der Waals surface area (Å²) in [7, 11) is 4.37. The minimum atomic E-state index is -0.458. The van der Waals surface area contributed by atoms with E-state index in [0.29, 0.717) is 92.1 Å². The van der Waals surface area contributed by atoms with Crippen LogP contribution in [0.5, 0.6) is 0 Å². The number of carbonyl (C=O) groups excluding carboxylic acids is 2. The van der Waals surface area contributed by atoms with E-state index in [9.17, 15) is 9.59 Å². The Hall–Kier alpha value is -3.04. The maximum atomic E-state index is 11.8. The molecule has 3 rings (SSSR count). The van der Waals surface area contributed by atoms with Crippen LogP contribution in [0.2, 0.25) is 0 Å². The molecular weight excluding hydrogens is 584 g/mol. The molecule has 1 aliphatic heterocycles. The van der Waals surface area contributed by atoms with Crippen molar-refractivity contribution in [1.29, 1.82) is 0 Å². The second-order valence-electron chi connectivity index (χ2n) is 9.59. The van der Waals surface area contributed by atoms with Crippen molar-refractivity contribution < 1.29 is 42.7 Å². The molecule has 0 bridgehead atoms. The molecule has 0 aliphatic carbocycles. The Bertz CT molecular complexity index is 973. The van der Waals surface area contributed by atoms with Crippen LogP contribution in [0, 0.1) is 0 Å². The van der Waals surface area contributed by atoms with E-state index in [0.717, 1.165) is 18.0 Å². The lowest BCUT2D eigenvalue weighted by molar-refractivity contribution is 0.00597. The van der Waals surface area contributed by atoms with Gasteiger partial charge in [-0.05, 0) is 31.2 Å². The van der Waals surface area contributed by atoms with E-state index in [1.54, 1.807) is 31.4 Å². The monoisotopic (exact) mass is 636 g/mol. The average molecular weight is 637 g/mol. The number of methoxy groups -OCH3 is 3. The molecule has 0 amide bonds. The number of hydrogen-bond acceptors (Lipinski definition) is 13. The number of pyridine rings is 2. The molecule has 0 N–H and O–H groups in total. The highest BCUT2D eigenvalue weighted by Gasteiger charge is 2.13. The smallest absolute Gasteiger partial charge is 0.356 e. The number of nitrogens with zero attached hydrogens (tertiary/aromatic N) is 4. The number of carbonyl (C=O) groups is 2. The third-order valence-corrected chi connectivity index (χ3v) is 6.41. The largest absolute Gasteiger partial charge is 0.464 e. The molecule has 13 heteroatoms. The van der Waals surface area contributed by atoms with Crippen molar-refractivity contribution in [2.75, 3.05) is 107 Å². The van der Waals surface area contributed by atoms with Gasteiger partial charge in [0.05, 0.1) is 78.5 Å². The molecule has 1 saturated heterocycles. The zero-order valence-electron chi connectivity index (χ0n) is 26.5. The molecular formula is C32H52N4O9. The number of esters is 2. The van der Waals surface area contributed by atoms with E-state index >= 15 is 0 Å². The van der Waals surface area contributed by atoms with Crippen molar-refractivity contribution in [3.63, 3.8) is 0 Å². The van der Waals surface area contributed by atoms with Crippen LogP contribution in [0.15, 0.2) is 36.4 Å². The van der Waals surface area contributed by atoms with Gasteiger partial charge < -0.3 is 33.2 Å². The summed E-state index contributed by atoms with van der Waals surface area (Å²) in [6.45, 7) is 10.6. The summed E-state index contributed by atoms with van der Waals surface area (Å²) in [6.07, 6.45) is 0. The van der Waals surface area contributed by atoms with Crippen molar-refractivity contribution >= 4 is 11.9 Å². The first-order valence-corrected chi connectivity index (χ1v) is 14.8. The van der Waals surface area contributed by atoms with Crippen molar-refractivity contribution in [2.45, 2.75) is 27.4 Å². The lowest BCUT2D eigenvalue weighted by Gasteiger charge is -2.23. The van der Waals surface area contributed by atoms with Crippen LogP contribution in [0.1, 0.15) is 46.7 Å². The lowest BCUT2D eigenvalue weighted by Crippen LogP contribution is -2.33. The summed E-state index contributed by atoms with van der Waals surface area (Å²) < 4.78 is 37.3. The van der Waals surface area contributed by atoms with Gasteiger partial charge >= 0.3 is 11.9 Å². The van der Waals surface area contributed by atoms with Gasteiger partial charge in [0.1, 0.15) is 11.4 Å². The molecule has 1 aliphatic rings. The Morgan fingerprint density at radius 2 is 0.978 bits per heavy atom. The van der Waals surface area contributed by atoms with E-state index in [2.05, 4.69) is 24.5 Å². The summed E-state index contributed by atoms with van der Waals surface area (Å²) in [5, 5.41) is 0. The summed E-state index contributed by atoms with van der Waals surface area (Å²) >= 11 is 0. The maximum Gasteiger partial charge on any atom is 0.356 e. The molecule has 3 heterocycles. The normalized spacial score (nSPS) is 16.5. The van der Waals surface area contributed by atoms with Gasteiger partial charge in [0.2, 0.25) is 0 Å². The predicted octanol–water partition coefficient (Wildman–Crippen LogP) is 2.72. The van der Waals surface area contributed by atoms with E-state index in [4.69, 9.17) is 28.4 Å². The third-order valence-electron chi connectivity index (χ3n) is 6.41. The molecule has 0 atom stereocenters. The predicted molar refractivity (Wildman–Crippen MR) is 169 cm³/mol. The fourth-order valence-corrected chi connectivity index (χ4v) is 3.99. The molecule has 2 aromatic heterocycles. The summed E-state index contributed by atoms with van der Waals surface area (Å²) in [5.41, 5.74) is 2.11. The number of hydrogen-bond donors (Lipinski definition) is 0. The summed E-state index contributed by atoms with van der Waals surface area (Å²) in [5.74, 6) is -0.915. The van der Waals surface area contributed by atoms with Crippen molar-refractivity contribution in [3.8, 4) is 0 Å². The Morgan fingerprint density at radius 1 is 0.644 bits per heavy atom. The third kappa shape index (κ3) is 17.3. The maximum absolute atomic E-state index is 11.8. The Labute approximate surface area is 268 Å². The van der Waals surface area contributed by atoms with Crippen molar-refractivity contribution in [2.24, 2.45) is 0 Å². The Kier molecular flexibility index (Phi) is 22.4. The highest BCUT2D eigenvalue weighted by atomic mass is 16.5. The first-order chi connectivity index (χ1) is 21.5. The molecule has 45 heavy (non-hydrogen) atoms. The highest BCUT2D eigenvalue weighted by molar-refractivity contribution is 5.87. The van der Waals surface area contributed by atoms with E-state index in [1.165, 1.54) is 14.2 Å². The molecule has 2 aromatic rings. The molecule has 1 fully saturated rings. The number of aromatic nitrogens is 2. The molecule has 0 aromatic carbocycles.